The van der Waals surface area contributed by atoms with Gasteiger partial charge in [0.1, 0.15) is 11.8 Å². The fourth-order valence-corrected chi connectivity index (χ4v) is 4.22. The van der Waals surface area contributed by atoms with E-state index in [1.54, 1.807) is 24.0 Å². The van der Waals surface area contributed by atoms with E-state index < -0.39 is 17.8 Å². The molecule has 0 spiro atoms. The van der Waals surface area contributed by atoms with Gasteiger partial charge in [-0.3, -0.25) is 4.79 Å². The number of nitrogens with zero attached hydrogens (tertiary/aromatic N) is 6. The Labute approximate surface area is 194 Å². The molecule has 0 aromatic carbocycles. The van der Waals surface area contributed by atoms with Crippen LogP contribution in [0.2, 0.25) is 0 Å². The highest BCUT2D eigenvalue weighted by Crippen LogP contribution is 2.32. The lowest BCUT2D eigenvalue weighted by Crippen LogP contribution is -2.45. The quantitative estimate of drug-likeness (QED) is 0.535. The van der Waals surface area contributed by atoms with Gasteiger partial charge < -0.3 is 9.64 Å². The van der Waals surface area contributed by atoms with Crippen LogP contribution in [0.15, 0.2) is 42.9 Å². The second-order valence-electron chi connectivity index (χ2n) is 8.45. The number of hydrogen-bond acceptors (Lipinski definition) is 6. The molecule has 1 aliphatic rings. The predicted octanol–water partition coefficient (Wildman–Crippen LogP) is 4.09. The lowest BCUT2D eigenvalue weighted by molar-refractivity contribution is -0.137. The van der Waals surface area contributed by atoms with Crippen molar-refractivity contribution in [2.75, 3.05) is 6.54 Å². The Kier molecular flexibility index (Phi) is 6.54. The summed E-state index contributed by atoms with van der Waals surface area (Å²) in [6.07, 6.45) is 0.100. The maximum absolute atomic E-state index is 13.7. The zero-order valence-electron chi connectivity index (χ0n) is 19.0. The lowest BCUT2D eigenvalue weighted by atomic mass is 10.0. The number of carbonyl (C=O) groups is 1. The van der Waals surface area contributed by atoms with Crippen LogP contribution >= 0.6 is 0 Å². The van der Waals surface area contributed by atoms with Crippen LogP contribution in [0.1, 0.15) is 48.4 Å². The molecule has 8 nitrogen and oxygen atoms in total. The summed E-state index contributed by atoms with van der Waals surface area (Å²) in [5.74, 6) is 0.0259. The molecule has 1 amide bonds. The van der Waals surface area contributed by atoms with Crippen LogP contribution in [0.3, 0.4) is 0 Å². The van der Waals surface area contributed by atoms with Crippen molar-refractivity contribution in [2.24, 2.45) is 5.92 Å². The number of rotatable bonds is 6. The SMILES string of the molecule is CCC(Oc1ccc(C(F)(F)F)cn1)C1CC(C)CN1C(=O)c1nc(C)ccc1-n1nccn1. The second-order valence-corrected chi connectivity index (χ2v) is 8.45. The molecule has 3 atom stereocenters. The van der Waals surface area contributed by atoms with Crippen LogP contribution in [0.25, 0.3) is 5.69 Å². The van der Waals surface area contributed by atoms with E-state index in [0.717, 1.165) is 12.3 Å². The van der Waals surface area contributed by atoms with Gasteiger partial charge in [0.05, 0.1) is 24.0 Å². The molecule has 4 rings (SSSR count). The summed E-state index contributed by atoms with van der Waals surface area (Å²) in [4.78, 5) is 25.1. The van der Waals surface area contributed by atoms with Crippen LogP contribution in [0.5, 0.6) is 5.88 Å². The molecule has 0 saturated carbocycles. The van der Waals surface area contributed by atoms with Crippen LogP contribution < -0.4 is 4.74 Å². The topological polar surface area (TPSA) is 86.0 Å². The van der Waals surface area contributed by atoms with Gasteiger partial charge in [-0.1, -0.05) is 13.8 Å². The van der Waals surface area contributed by atoms with Gasteiger partial charge in [0.15, 0.2) is 5.69 Å². The summed E-state index contributed by atoms with van der Waals surface area (Å²) in [6, 6.07) is 5.39. The molecule has 3 unspecified atom stereocenters. The van der Waals surface area contributed by atoms with Crippen LogP contribution in [-0.2, 0) is 6.18 Å². The molecule has 0 N–H and O–H groups in total. The van der Waals surface area contributed by atoms with Gasteiger partial charge in [-0.05, 0) is 43.9 Å². The van der Waals surface area contributed by atoms with Crippen molar-refractivity contribution in [1.82, 2.24) is 29.9 Å². The Morgan fingerprint density at radius 1 is 1.21 bits per heavy atom. The van der Waals surface area contributed by atoms with E-state index in [-0.39, 0.29) is 29.4 Å². The standard InChI is InChI=1S/C23H25F3N6O2/c1-4-19(34-20-8-6-16(12-27-20)23(24,25)26)18-11-14(2)13-31(18)22(33)21-17(7-5-15(3)30-21)32-28-9-10-29-32/h5-10,12,14,18-19H,4,11,13H2,1-3H3. The van der Waals surface area contributed by atoms with Gasteiger partial charge >= 0.3 is 6.18 Å². The molecule has 11 heteroatoms. The normalized spacial score (nSPS) is 19.3. The summed E-state index contributed by atoms with van der Waals surface area (Å²) in [5.41, 5.74) is 0.542. The molecule has 3 aromatic heterocycles. The van der Waals surface area contributed by atoms with E-state index in [4.69, 9.17) is 4.74 Å². The van der Waals surface area contributed by atoms with Gasteiger partial charge in [0, 0.05) is 24.5 Å². The zero-order valence-corrected chi connectivity index (χ0v) is 19.0. The minimum Gasteiger partial charge on any atom is -0.472 e. The number of ether oxygens (including phenoxy) is 1. The first-order valence-electron chi connectivity index (χ1n) is 11.0. The highest BCUT2D eigenvalue weighted by molar-refractivity contribution is 5.96. The highest BCUT2D eigenvalue weighted by atomic mass is 19.4. The molecule has 0 bridgehead atoms. The monoisotopic (exact) mass is 474 g/mol. The first kappa shape index (κ1) is 23.7. The fraction of sp³-hybridized carbons (Fsp3) is 0.435. The number of carbonyl (C=O) groups excluding carboxylic acids is 1. The largest absolute Gasteiger partial charge is 0.472 e. The number of aromatic nitrogens is 5. The maximum atomic E-state index is 13.7. The average molecular weight is 474 g/mol. The number of halogens is 3. The number of hydrogen-bond donors (Lipinski definition) is 0. The van der Waals surface area contributed by atoms with Crippen molar-refractivity contribution < 1.29 is 22.7 Å². The Balaban J connectivity index is 1.60. The van der Waals surface area contributed by atoms with Gasteiger partial charge in [0.25, 0.3) is 5.91 Å². The molecular weight excluding hydrogens is 449 g/mol. The van der Waals surface area contributed by atoms with E-state index in [9.17, 15) is 18.0 Å². The Morgan fingerprint density at radius 2 is 1.94 bits per heavy atom. The van der Waals surface area contributed by atoms with E-state index in [1.807, 2.05) is 13.8 Å². The molecule has 1 fully saturated rings. The molecular formula is C23H25F3N6O2. The number of amides is 1. The first-order valence-corrected chi connectivity index (χ1v) is 11.0. The second kappa shape index (κ2) is 9.40. The van der Waals surface area contributed by atoms with Gasteiger partial charge in [0.2, 0.25) is 5.88 Å². The van der Waals surface area contributed by atoms with Crippen molar-refractivity contribution in [3.05, 3.63) is 59.8 Å². The summed E-state index contributed by atoms with van der Waals surface area (Å²) in [7, 11) is 0. The predicted molar refractivity (Wildman–Crippen MR) is 116 cm³/mol. The zero-order chi connectivity index (χ0) is 24.5. The smallest absolute Gasteiger partial charge is 0.417 e. The van der Waals surface area contributed by atoms with Crippen molar-refractivity contribution in [1.29, 1.82) is 0 Å². The van der Waals surface area contributed by atoms with Crippen LogP contribution in [0, 0.1) is 12.8 Å². The molecule has 1 saturated heterocycles. The molecule has 34 heavy (non-hydrogen) atoms. The Morgan fingerprint density at radius 3 is 2.56 bits per heavy atom. The molecule has 4 heterocycles. The lowest BCUT2D eigenvalue weighted by Gasteiger charge is -2.31. The number of likely N-dealkylation sites (tertiary alicyclic amines) is 1. The third kappa shape index (κ3) is 4.87. The number of alkyl halides is 3. The summed E-state index contributed by atoms with van der Waals surface area (Å²) in [6.45, 7) is 6.26. The van der Waals surface area contributed by atoms with Crippen molar-refractivity contribution in [2.45, 2.75) is 51.9 Å². The maximum Gasteiger partial charge on any atom is 0.417 e. The van der Waals surface area contributed by atoms with Crippen molar-refractivity contribution in [3.8, 4) is 11.6 Å². The molecule has 1 aliphatic heterocycles. The Bertz CT molecular complexity index is 1130. The fourth-order valence-electron chi connectivity index (χ4n) is 4.22. The summed E-state index contributed by atoms with van der Waals surface area (Å²) in [5, 5.41) is 8.27. The van der Waals surface area contributed by atoms with Crippen molar-refractivity contribution in [3.63, 3.8) is 0 Å². The Hall–Kier alpha value is -3.50. The third-order valence-electron chi connectivity index (χ3n) is 5.83. The first-order chi connectivity index (χ1) is 16.2. The van der Waals surface area contributed by atoms with E-state index in [0.29, 0.717) is 30.8 Å². The molecule has 180 valence electrons. The van der Waals surface area contributed by atoms with Gasteiger partial charge in [-0.15, -0.1) is 4.80 Å². The van der Waals surface area contributed by atoms with E-state index in [2.05, 4.69) is 20.2 Å². The van der Waals surface area contributed by atoms with E-state index >= 15 is 0 Å². The van der Waals surface area contributed by atoms with E-state index in [1.165, 1.54) is 23.3 Å². The number of aryl methyl sites for hydroxylation is 1. The minimum absolute atomic E-state index is 0.0851. The number of pyridine rings is 2. The molecule has 3 aromatic rings. The molecule has 0 radical (unpaired) electrons. The average Bonchev–Trinajstić information content (AvgIpc) is 3.46. The molecule has 0 aliphatic carbocycles. The minimum atomic E-state index is -4.47. The van der Waals surface area contributed by atoms with Crippen molar-refractivity contribution >= 4 is 5.91 Å². The van der Waals surface area contributed by atoms with Crippen LogP contribution in [0.4, 0.5) is 13.2 Å². The highest BCUT2D eigenvalue weighted by Gasteiger charge is 2.40. The van der Waals surface area contributed by atoms with Gasteiger partial charge in [-0.2, -0.15) is 23.4 Å². The van der Waals surface area contributed by atoms with Gasteiger partial charge in [-0.25, -0.2) is 9.97 Å². The third-order valence-corrected chi connectivity index (χ3v) is 5.83. The summed E-state index contributed by atoms with van der Waals surface area (Å²) < 4.78 is 44.6. The van der Waals surface area contributed by atoms with Crippen LogP contribution in [-0.4, -0.2) is 54.5 Å². The summed E-state index contributed by atoms with van der Waals surface area (Å²) >= 11 is 0.